The number of carboxylic acid groups (broad SMARTS) is 1. The molecule has 16 heavy (non-hydrogen) atoms. The number of aromatic nitrogens is 1. The van der Waals surface area contributed by atoms with Gasteiger partial charge in [0.05, 0.1) is 6.54 Å². The Morgan fingerprint density at radius 3 is 2.62 bits per heavy atom. The largest absolute Gasteiger partial charge is 0.476 e. The molecule has 0 atom stereocenters. The van der Waals surface area contributed by atoms with Crippen LogP contribution in [-0.4, -0.2) is 28.1 Å². The second-order valence-electron chi connectivity index (χ2n) is 2.61. The van der Waals surface area contributed by atoms with Gasteiger partial charge in [-0.2, -0.15) is 13.2 Å². The van der Waals surface area contributed by atoms with Crippen molar-refractivity contribution >= 4 is 11.9 Å². The molecule has 2 N–H and O–H groups in total. The van der Waals surface area contributed by atoms with Crippen LogP contribution in [0.3, 0.4) is 0 Å². The SMILES string of the molecule is O=C(O)c1ncoc1CNC(=O)C(F)(F)F. The number of hydrogen-bond donors (Lipinski definition) is 2. The van der Waals surface area contributed by atoms with E-state index in [0.717, 1.165) is 6.39 Å². The summed E-state index contributed by atoms with van der Waals surface area (Å²) < 4.78 is 39.8. The van der Waals surface area contributed by atoms with Crippen LogP contribution in [0.2, 0.25) is 0 Å². The highest BCUT2D eigenvalue weighted by atomic mass is 19.4. The molecule has 0 aliphatic heterocycles. The molecular formula is C7H5F3N2O4. The first-order valence-corrected chi connectivity index (χ1v) is 3.83. The molecule has 0 saturated heterocycles. The van der Waals surface area contributed by atoms with Crippen LogP contribution >= 0.6 is 0 Å². The van der Waals surface area contributed by atoms with Crippen LogP contribution in [-0.2, 0) is 11.3 Å². The van der Waals surface area contributed by atoms with Crippen molar-refractivity contribution in [2.75, 3.05) is 0 Å². The van der Waals surface area contributed by atoms with Gasteiger partial charge in [-0.05, 0) is 0 Å². The molecule has 1 aromatic heterocycles. The third-order valence-corrected chi connectivity index (χ3v) is 1.51. The van der Waals surface area contributed by atoms with Gasteiger partial charge in [-0.3, -0.25) is 4.79 Å². The summed E-state index contributed by atoms with van der Waals surface area (Å²) in [6, 6.07) is 0. The van der Waals surface area contributed by atoms with Crippen LogP contribution < -0.4 is 5.32 Å². The minimum absolute atomic E-state index is 0.356. The second-order valence-corrected chi connectivity index (χ2v) is 2.61. The Morgan fingerprint density at radius 1 is 1.50 bits per heavy atom. The number of carbonyl (C=O) groups is 2. The number of aromatic carboxylic acids is 1. The van der Waals surface area contributed by atoms with Crippen molar-refractivity contribution in [3.63, 3.8) is 0 Å². The average Bonchev–Trinajstić information content (AvgIpc) is 2.60. The van der Waals surface area contributed by atoms with E-state index in [4.69, 9.17) is 5.11 Å². The van der Waals surface area contributed by atoms with Crippen molar-refractivity contribution in [2.45, 2.75) is 12.7 Å². The van der Waals surface area contributed by atoms with Crippen molar-refractivity contribution in [1.82, 2.24) is 10.3 Å². The number of rotatable bonds is 3. The smallest absolute Gasteiger partial charge is 0.471 e. The predicted molar refractivity (Wildman–Crippen MR) is 41.4 cm³/mol. The highest BCUT2D eigenvalue weighted by Gasteiger charge is 2.38. The van der Waals surface area contributed by atoms with Gasteiger partial charge in [-0.15, -0.1) is 0 Å². The Balaban J connectivity index is 2.65. The summed E-state index contributed by atoms with van der Waals surface area (Å²) in [6.45, 7) is -0.694. The maximum absolute atomic E-state index is 11.8. The van der Waals surface area contributed by atoms with Crippen molar-refractivity contribution < 1.29 is 32.3 Å². The molecule has 0 saturated carbocycles. The van der Waals surface area contributed by atoms with E-state index in [9.17, 15) is 22.8 Å². The van der Waals surface area contributed by atoms with Gasteiger partial charge in [-0.25, -0.2) is 9.78 Å². The summed E-state index contributed by atoms with van der Waals surface area (Å²) in [6.07, 6.45) is -4.26. The third kappa shape index (κ3) is 2.72. The summed E-state index contributed by atoms with van der Waals surface area (Å²) >= 11 is 0. The Labute approximate surface area is 86.1 Å². The lowest BCUT2D eigenvalue weighted by atomic mass is 10.3. The highest BCUT2D eigenvalue weighted by molar-refractivity contribution is 5.86. The fourth-order valence-corrected chi connectivity index (χ4v) is 0.831. The zero-order chi connectivity index (χ0) is 12.3. The lowest BCUT2D eigenvalue weighted by Gasteiger charge is -2.05. The van der Waals surface area contributed by atoms with Crippen molar-refractivity contribution in [3.8, 4) is 0 Å². The summed E-state index contributed by atoms with van der Waals surface area (Å²) in [4.78, 5) is 24.1. The normalized spacial score (nSPS) is 11.2. The molecule has 0 aliphatic carbocycles. The van der Waals surface area contributed by atoms with E-state index in [0.29, 0.717) is 0 Å². The van der Waals surface area contributed by atoms with Crippen molar-refractivity contribution in [1.29, 1.82) is 0 Å². The first kappa shape index (κ1) is 12.0. The molecule has 0 bridgehead atoms. The van der Waals surface area contributed by atoms with Gasteiger partial charge in [0.25, 0.3) is 0 Å². The maximum Gasteiger partial charge on any atom is 0.471 e. The van der Waals surface area contributed by atoms with E-state index in [1.54, 1.807) is 0 Å². The molecule has 9 heteroatoms. The number of halogens is 3. The van der Waals surface area contributed by atoms with Crippen LogP contribution in [0.5, 0.6) is 0 Å². The van der Waals surface area contributed by atoms with E-state index in [-0.39, 0.29) is 5.76 Å². The number of carbonyl (C=O) groups excluding carboxylic acids is 1. The maximum atomic E-state index is 11.8. The molecule has 0 fully saturated rings. The Bertz CT molecular complexity index is 412. The van der Waals surface area contributed by atoms with E-state index >= 15 is 0 Å². The van der Waals surface area contributed by atoms with E-state index in [1.807, 2.05) is 0 Å². The molecule has 0 aromatic carbocycles. The number of oxazole rings is 1. The molecule has 88 valence electrons. The Morgan fingerprint density at radius 2 is 2.12 bits per heavy atom. The van der Waals surface area contributed by atoms with Crippen LogP contribution in [0.4, 0.5) is 13.2 Å². The third-order valence-electron chi connectivity index (χ3n) is 1.51. The van der Waals surface area contributed by atoms with Crippen molar-refractivity contribution in [3.05, 3.63) is 17.8 Å². The Kier molecular flexibility index (Phi) is 3.16. The van der Waals surface area contributed by atoms with Gasteiger partial charge in [0.2, 0.25) is 0 Å². The van der Waals surface area contributed by atoms with Gasteiger partial charge < -0.3 is 14.8 Å². The molecule has 1 amide bonds. The monoisotopic (exact) mass is 238 g/mol. The molecule has 1 rings (SSSR count). The van der Waals surface area contributed by atoms with E-state index < -0.39 is 30.3 Å². The number of hydrogen-bond acceptors (Lipinski definition) is 4. The van der Waals surface area contributed by atoms with Gasteiger partial charge >= 0.3 is 18.1 Å². The molecule has 0 unspecified atom stereocenters. The topological polar surface area (TPSA) is 92.4 Å². The van der Waals surface area contributed by atoms with E-state index in [1.165, 1.54) is 5.32 Å². The van der Waals surface area contributed by atoms with Gasteiger partial charge in [0.1, 0.15) is 0 Å². The van der Waals surface area contributed by atoms with Crippen LogP contribution in [0.1, 0.15) is 16.2 Å². The number of nitrogens with zero attached hydrogens (tertiary/aromatic N) is 1. The van der Waals surface area contributed by atoms with Gasteiger partial charge in [-0.1, -0.05) is 0 Å². The van der Waals surface area contributed by atoms with Crippen LogP contribution in [0.25, 0.3) is 0 Å². The first-order chi connectivity index (χ1) is 7.32. The molecule has 6 nitrogen and oxygen atoms in total. The Hall–Kier alpha value is -2.06. The molecular weight excluding hydrogens is 233 g/mol. The first-order valence-electron chi connectivity index (χ1n) is 3.83. The average molecular weight is 238 g/mol. The number of carboxylic acids is 1. The van der Waals surface area contributed by atoms with Crippen LogP contribution in [0.15, 0.2) is 10.8 Å². The minimum Gasteiger partial charge on any atom is -0.476 e. The molecule has 0 radical (unpaired) electrons. The summed E-state index contributed by atoms with van der Waals surface area (Å²) in [5.41, 5.74) is -0.539. The number of amides is 1. The van der Waals surface area contributed by atoms with Gasteiger partial charge in [0, 0.05) is 0 Å². The summed E-state index contributed by atoms with van der Waals surface area (Å²) in [5.74, 6) is -3.99. The second kappa shape index (κ2) is 4.21. The van der Waals surface area contributed by atoms with E-state index in [2.05, 4.69) is 9.40 Å². The molecule has 1 aromatic rings. The predicted octanol–water partition coefficient (Wildman–Crippen LogP) is 0.551. The minimum atomic E-state index is -5.02. The number of nitrogens with one attached hydrogen (secondary N) is 1. The lowest BCUT2D eigenvalue weighted by Crippen LogP contribution is -2.36. The number of alkyl halides is 3. The zero-order valence-corrected chi connectivity index (χ0v) is 7.54. The molecule has 0 spiro atoms. The standard InChI is InChI=1S/C7H5F3N2O4/c8-7(9,10)6(15)11-1-3-4(5(13)14)12-2-16-3/h2H,1H2,(H,11,15)(H,13,14). The summed E-state index contributed by atoms with van der Waals surface area (Å²) in [7, 11) is 0. The summed E-state index contributed by atoms with van der Waals surface area (Å²) in [5, 5.41) is 9.98. The lowest BCUT2D eigenvalue weighted by molar-refractivity contribution is -0.173. The zero-order valence-electron chi connectivity index (χ0n) is 7.54. The van der Waals surface area contributed by atoms with Gasteiger partial charge in [0.15, 0.2) is 17.8 Å². The van der Waals surface area contributed by atoms with Crippen molar-refractivity contribution in [2.24, 2.45) is 0 Å². The fraction of sp³-hybridized carbons (Fsp3) is 0.286. The molecule has 0 aliphatic rings. The van der Waals surface area contributed by atoms with Crippen LogP contribution in [0, 0.1) is 0 Å². The highest BCUT2D eigenvalue weighted by Crippen LogP contribution is 2.15. The fourth-order valence-electron chi connectivity index (χ4n) is 0.831. The molecule has 1 heterocycles. The quantitative estimate of drug-likeness (QED) is 0.802.